The molecule has 0 saturated heterocycles. The third kappa shape index (κ3) is 3.54. The van der Waals surface area contributed by atoms with Crippen molar-refractivity contribution < 1.29 is 9.53 Å². The van der Waals surface area contributed by atoms with Crippen LogP contribution in [0.25, 0.3) is 16.9 Å². The average Bonchev–Trinajstić information content (AvgIpc) is 3.02. The number of carbonyl (C=O) groups excluding carboxylic acids is 1. The van der Waals surface area contributed by atoms with E-state index in [1.165, 1.54) is 0 Å². The summed E-state index contributed by atoms with van der Waals surface area (Å²) in [7, 11) is 0. The summed E-state index contributed by atoms with van der Waals surface area (Å²) in [6.45, 7) is 7.79. The number of likely N-dealkylation sites (N-methyl/N-ethyl adjacent to an activating group) is 1. The van der Waals surface area contributed by atoms with Gasteiger partial charge in [-0.15, -0.1) is 5.10 Å². The Morgan fingerprint density at radius 1 is 1.08 bits per heavy atom. The number of amides is 1. The standard InChI is InChI=1S/C20H24N4O2/c1-4-23(5-2)19(25)14-16-20(15-10-8-7-9-11-15)21-17-12-13-18(26-6-3)22-24(16)17/h7-13H,4-6,14H2,1-3H3. The zero-order valence-electron chi connectivity index (χ0n) is 15.5. The average molecular weight is 352 g/mol. The van der Waals surface area contributed by atoms with E-state index in [0.717, 1.165) is 17.0 Å². The Bertz CT molecular complexity index is 885. The Hall–Kier alpha value is -2.89. The van der Waals surface area contributed by atoms with Gasteiger partial charge in [-0.1, -0.05) is 30.3 Å². The van der Waals surface area contributed by atoms with E-state index in [2.05, 4.69) is 5.10 Å². The van der Waals surface area contributed by atoms with Crippen molar-refractivity contribution >= 4 is 11.6 Å². The molecular formula is C20H24N4O2. The minimum atomic E-state index is 0.0672. The lowest BCUT2D eigenvalue weighted by Crippen LogP contribution is -2.32. The molecule has 2 heterocycles. The van der Waals surface area contributed by atoms with Crippen LogP contribution in [0, 0.1) is 0 Å². The summed E-state index contributed by atoms with van der Waals surface area (Å²) in [6, 6.07) is 13.6. The quantitative estimate of drug-likeness (QED) is 0.655. The molecule has 0 aliphatic carbocycles. The summed E-state index contributed by atoms with van der Waals surface area (Å²) >= 11 is 0. The number of imidazole rings is 1. The second-order valence-electron chi connectivity index (χ2n) is 5.89. The van der Waals surface area contributed by atoms with Crippen LogP contribution >= 0.6 is 0 Å². The molecule has 0 saturated carbocycles. The van der Waals surface area contributed by atoms with Crippen LogP contribution in [0.2, 0.25) is 0 Å². The number of hydrogen-bond acceptors (Lipinski definition) is 4. The molecule has 3 aromatic rings. The van der Waals surface area contributed by atoms with Crippen molar-refractivity contribution in [3.8, 4) is 17.1 Å². The first-order valence-electron chi connectivity index (χ1n) is 9.02. The fourth-order valence-corrected chi connectivity index (χ4v) is 3.00. The molecular weight excluding hydrogens is 328 g/mol. The molecule has 6 heteroatoms. The van der Waals surface area contributed by atoms with Gasteiger partial charge >= 0.3 is 0 Å². The van der Waals surface area contributed by atoms with E-state index in [1.807, 2.05) is 62.1 Å². The van der Waals surface area contributed by atoms with Crippen LogP contribution in [-0.4, -0.2) is 45.1 Å². The van der Waals surface area contributed by atoms with E-state index in [0.29, 0.717) is 31.2 Å². The fraction of sp³-hybridized carbons (Fsp3) is 0.350. The number of rotatable bonds is 7. The van der Waals surface area contributed by atoms with Gasteiger partial charge in [0.05, 0.1) is 24.4 Å². The Morgan fingerprint density at radius 3 is 2.46 bits per heavy atom. The molecule has 1 amide bonds. The fourth-order valence-electron chi connectivity index (χ4n) is 3.00. The first kappa shape index (κ1) is 17.9. The highest BCUT2D eigenvalue weighted by molar-refractivity contribution is 5.81. The van der Waals surface area contributed by atoms with Gasteiger partial charge in [-0.3, -0.25) is 4.79 Å². The molecule has 1 aromatic carbocycles. The van der Waals surface area contributed by atoms with Crippen LogP contribution < -0.4 is 4.74 Å². The van der Waals surface area contributed by atoms with Gasteiger partial charge in [0.2, 0.25) is 11.8 Å². The van der Waals surface area contributed by atoms with E-state index in [4.69, 9.17) is 9.72 Å². The molecule has 0 spiro atoms. The van der Waals surface area contributed by atoms with E-state index < -0.39 is 0 Å². The minimum absolute atomic E-state index is 0.0672. The molecule has 3 rings (SSSR count). The highest BCUT2D eigenvalue weighted by Crippen LogP contribution is 2.25. The second-order valence-corrected chi connectivity index (χ2v) is 5.89. The molecule has 0 fully saturated rings. The minimum Gasteiger partial charge on any atom is -0.477 e. The van der Waals surface area contributed by atoms with Crippen LogP contribution in [-0.2, 0) is 11.2 Å². The largest absolute Gasteiger partial charge is 0.477 e. The molecule has 0 unspecified atom stereocenters. The number of ether oxygens (including phenoxy) is 1. The summed E-state index contributed by atoms with van der Waals surface area (Å²) in [5, 5.41) is 4.54. The summed E-state index contributed by atoms with van der Waals surface area (Å²) in [5.41, 5.74) is 3.24. The van der Waals surface area contributed by atoms with Crippen molar-refractivity contribution in [2.75, 3.05) is 19.7 Å². The second kappa shape index (κ2) is 7.99. The molecule has 136 valence electrons. The van der Waals surface area contributed by atoms with Crippen LogP contribution in [0.1, 0.15) is 26.5 Å². The molecule has 0 N–H and O–H groups in total. The van der Waals surface area contributed by atoms with Gasteiger partial charge in [-0.2, -0.15) is 0 Å². The summed E-state index contributed by atoms with van der Waals surface area (Å²) < 4.78 is 7.25. The normalized spacial score (nSPS) is 10.9. The summed E-state index contributed by atoms with van der Waals surface area (Å²) in [4.78, 5) is 19.3. The van der Waals surface area contributed by atoms with Crippen LogP contribution in [0.5, 0.6) is 5.88 Å². The van der Waals surface area contributed by atoms with Crippen LogP contribution in [0.15, 0.2) is 42.5 Å². The third-order valence-electron chi connectivity index (χ3n) is 4.32. The molecule has 0 aliphatic rings. The number of fused-ring (bicyclic) bond motifs is 1. The Morgan fingerprint density at radius 2 is 1.81 bits per heavy atom. The topological polar surface area (TPSA) is 59.7 Å². The lowest BCUT2D eigenvalue weighted by molar-refractivity contribution is -0.130. The SMILES string of the molecule is CCOc1ccc2nc(-c3ccccc3)c(CC(=O)N(CC)CC)n2n1. The van der Waals surface area contributed by atoms with E-state index in [9.17, 15) is 4.79 Å². The van der Waals surface area contributed by atoms with Crippen molar-refractivity contribution in [1.29, 1.82) is 0 Å². The molecule has 0 radical (unpaired) electrons. The molecule has 6 nitrogen and oxygen atoms in total. The maximum absolute atomic E-state index is 12.7. The van der Waals surface area contributed by atoms with Crippen molar-refractivity contribution in [1.82, 2.24) is 19.5 Å². The molecule has 2 aromatic heterocycles. The van der Waals surface area contributed by atoms with Gasteiger partial charge in [0, 0.05) is 24.7 Å². The van der Waals surface area contributed by atoms with E-state index in [1.54, 1.807) is 10.6 Å². The van der Waals surface area contributed by atoms with E-state index in [-0.39, 0.29) is 12.3 Å². The molecule has 0 atom stereocenters. The lowest BCUT2D eigenvalue weighted by atomic mass is 10.1. The van der Waals surface area contributed by atoms with Gasteiger partial charge in [-0.25, -0.2) is 9.50 Å². The van der Waals surface area contributed by atoms with Gasteiger partial charge < -0.3 is 9.64 Å². The Balaban J connectivity index is 2.11. The number of benzene rings is 1. The summed E-state index contributed by atoms with van der Waals surface area (Å²) in [5.74, 6) is 0.589. The maximum Gasteiger partial charge on any atom is 0.231 e. The maximum atomic E-state index is 12.7. The monoisotopic (exact) mass is 352 g/mol. The number of nitrogens with zero attached hydrogens (tertiary/aromatic N) is 4. The Labute approximate surface area is 153 Å². The molecule has 0 aliphatic heterocycles. The number of carbonyl (C=O) groups is 1. The first-order chi connectivity index (χ1) is 12.7. The third-order valence-corrected chi connectivity index (χ3v) is 4.32. The van der Waals surface area contributed by atoms with Crippen LogP contribution in [0.4, 0.5) is 0 Å². The van der Waals surface area contributed by atoms with Gasteiger partial charge in [-0.05, 0) is 26.8 Å². The highest BCUT2D eigenvalue weighted by Gasteiger charge is 2.20. The van der Waals surface area contributed by atoms with Gasteiger partial charge in [0.15, 0.2) is 5.65 Å². The van der Waals surface area contributed by atoms with Crippen molar-refractivity contribution in [3.63, 3.8) is 0 Å². The van der Waals surface area contributed by atoms with Crippen molar-refractivity contribution in [2.45, 2.75) is 27.2 Å². The number of hydrogen-bond donors (Lipinski definition) is 0. The smallest absolute Gasteiger partial charge is 0.231 e. The predicted molar refractivity (Wildman–Crippen MR) is 101 cm³/mol. The highest BCUT2D eigenvalue weighted by atomic mass is 16.5. The van der Waals surface area contributed by atoms with Crippen molar-refractivity contribution in [2.24, 2.45) is 0 Å². The zero-order chi connectivity index (χ0) is 18.5. The number of aromatic nitrogens is 3. The van der Waals surface area contributed by atoms with E-state index >= 15 is 0 Å². The lowest BCUT2D eigenvalue weighted by Gasteiger charge is -2.18. The first-order valence-corrected chi connectivity index (χ1v) is 9.02. The zero-order valence-corrected chi connectivity index (χ0v) is 15.5. The molecule has 0 bridgehead atoms. The van der Waals surface area contributed by atoms with Crippen molar-refractivity contribution in [3.05, 3.63) is 48.2 Å². The summed E-state index contributed by atoms with van der Waals surface area (Å²) in [6.07, 6.45) is 0.246. The van der Waals surface area contributed by atoms with Gasteiger partial charge in [0.25, 0.3) is 0 Å². The Kier molecular flexibility index (Phi) is 5.51. The molecule has 26 heavy (non-hydrogen) atoms. The predicted octanol–water partition coefficient (Wildman–Crippen LogP) is 3.21. The van der Waals surface area contributed by atoms with Gasteiger partial charge in [0.1, 0.15) is 0 Å². The van der Waals surface area contributed by atoms with Crippen LogP contribution in [0.3, 0.4) is 0 Å².